The zero-order chi connectivity index (χ0) is 12.6. The van der Waals surface area contributed by atoms with E-state index < -0.39 is 11.6 Å². The topological polar surface area (TPSA) is 29.3 Å². The molecule has 1 aromatic rings. The van der Waals surface area contributed by atoms with Crippen LogP contribution in [0.4, 0.5) is 14.5 Å². The zero-order valence-electron chi connectivity index (χ0n) is 10.3. The Morgan fingerprint density at radius 3 is 2.24 bits per heavy atom. The third-order valence-electron chi connectivity index (χ3n) is 3.79. The van der Waals surface area contributed by atoms with Crippen molar-refractivity contribution < 1.29 is 8.78 Å². The minimum absolute atomic E-state index is 0.159. The molecule has 4 heteroatoms. The first-order valence-electron chi connectivity index (χ1n) is 5.87. The lowest BCUT2D eigenvalue weighted by molar-refractivity contribution is 0.252. The van der Waals surface area contributed by atoms with Crippen LogP contribution in [0.15, 0.2) is 12.1 Å². The molecule has 0 heterocycles. The molecule has 0 atom stereocenters. The van der Waals surface area contributed by atoms with Crippen molar-refractivity contribution in [3.05, 3.63) is 29.3 Å². The molecule has 0 aromatic heterocycles. The molecule has 0 aliphatic heterocycles. The Balaban J connectivity index is 2.55. The van der Waals surface area contributed by atoms with Crippen LogP contribution < -0.4 is 10.6 Å². The van der Waals surface area contributed by atoms with Gasteiger partial charge in [-0.1, -0.05) is 6.42 Å². The molecule has 1 aliphatic carbocycles. The summed E-state index contributed by atoms with van der Waals surface area (Å²) in [6.07, 6.45) is 3.01. The SMILES string of the molecule is CN(C)c1cc(F)c(F)cc1C1(CN)CCC1. The average Bonchev–Trinajstić information content (AvgIpc) is 2.21. The summed E-state index contributed by atoms with van der Waals surface area (Å²) >= 11 is 0. The Hall–Kier alpha value is -1.16. The van der Waals surface area contributed by atoms with E-state index in [2.05, 4.69) is 0 Å². The van der Waals surface area contributed by atoms with Crippen LogP contribution in [0.2, 0.25) is 0 Å². The van der Waals surface area contributed by atoms with E-state index in [9.17, 15) is 8.78 Å². The lowest BCUT2D eigenvalue weighted by Crippen LogP contribution is -2.42. The van der Waals surface area contributed by atoms with E-state index in [1.165, 1.54) is 12.1 Å². The highest BCUT2D eigenvalue weighted by Crippen LogP contribution is 2.46. The van der Waals surface area contributed by atoms with Crippen LogP contribution in [-0.4, -0.2) is 20.6 Å². The number of rotatable bonds is 3. The van der Waals surface area contributed by atoms with E-state index in [0.717, 1.165) is 30.5 Å². The number of nitrogens with zero attached hydrogens (tertiary/aromatic N) is 1. The van der Waals surface area contributed by atoms with Crippen molar-refractivity contribution in [1.82, 2.24) is 0 Å². The molecule has 2 N–H and O–H groups in total. The summed E-state index contributed by atoms with van der Waals surface area (Å²) in [6, 6.07) is 2.58. The van der Waals surface area contributed by atoms with Gasteiger partial charge in [0.1, 0.15) is 0 Å². The lowest BCUT2D eigenvalue weighted by Gasteiger charge is -2.43. The second-order valence-electron chi connectivity index (χ2n) is 5.02. The number of hydrogen-bond acceptors (Lipinski definition) is 2. The summed E-state index contributed by atoms with van der Waals surface area (Å²) < 4.78 is 26.7. The van der Waals surface area contributed by atoms with Gasteiger partial charge in [0.05, 0.1) is 0 Å². The molecule has 0 saturated heterocycles. The van der Waals surface area contributed by atoms with Gasteiger partial charge in [-0.3, -0.25) is 0 Å². The number of hydrogen-bond donors (Lipinski definition) is 1. The normalized spacial score (nSPS) is 17.7. The molecule has 1 aromatic carbocycles. The zero-order valence-corrected chi connectivity index (χ0v) is 10.3. The van der Waals surface area contributed by atoms with Crippen molar-refractivity contribution in [2.75, 3.05) is 25.5 Å². The van der Waals surface area contributed by atoms with Gasteiger partial charge in [0.25, 0.3) is 0 Å². The molecular weight excluding hydrogens is 222 g/mol. The Bertz CT molecular complexity index is 420. The largest absolute Gasteiger partial charge is 0.377 e. The summed E-state index contributed by atoms with van der Waals surface area (Å²) in [5.74, 6) is -1.59. The van der Waals surface area contributed by atoms with Gasteiger partial charge in [0.15, 0.2) is 11.6 Å². The predicted octanol–water partition coefficient (Wildman–Crippen LogP) is 2.41. The minimum atomic E-state index is -0.802. The monoisotopic (exact) mass is 240 g/mol. The number of anilines is 1. The molecule has 1 fully saturated rings. The summed E-state index contributed by atoms with van der Waals surface area (Å²) in [6.45, 7) is 0.485. The maximum atomic E-state index is 13.4. The maximum absolute atomic E-state index is 13.4. The van der Waals surface area contributed by atoms with Crippen LogP contribution >= 0.6 is 0 Å². The van der Waals surface area contributed by atoms with Gasteiger partial charge < -0.3 is 10.6 Å². The van der Waals surface area contributed by atoms with Crippen molar-refractivity contribution in [3.63, 3.8) is 0 Å². The molecule has 0 unspecified atom stereocenters. The van der Waals surface area contributed by atoms with E-state index in [-0.39, 0.29) is 5.41 Å². The van der Waals surface area contributed by atoms with Crippen molar-refractivity contribution in [3.8, 4) is 0 Å². The molecule has 0 bridgehead atoms. The summed E-state index contributed by atoms with van der Waals surface area (Å²) in [7, 11) is 3.66. The van der Waals surface area contributed by atoms with Gasteiger partial charge in [-0.15, -0.1) is 0 Å². The molecule has 2 rings (SSSR count). The average molecular weight is 240 g/mol. The fourth-order valence-corrected chi connectivity index (χ4v) is 2.52. The fraction of sp³-hybridized carbons (Fsp3) is 0.538. The van der Waals surface area contributed by atoms with Crippen molar-refractivity contribution >= 4 is 5.69 Å². The Morgan fingerprint density at radius 1 is 1.24 bits per heavy atom. The molecule has 0 amide bonds. The minimum Gasteiger partial charge on any atom is -0.377 e. The van der Waals surface area contributed by atoms with Gasteiger partial charge in [-0.25, -0.2) is 8.78 Å². The second-order valence-corrected chi connectivity index (χ2v) is 5.02. The number of nitrogens with two attached hydrogens (primary N) is 1. The van der Waals surface area contributed by atoms with Crippen LogP contribution in [0.25, 0.3) is 0 Å². The van der Waals surface area contributed by atoms with Crippen LogP contribution in [0.3, 0.4) is 0 Å². The molecule has 0 spiro atoms. The van der Waals surface area contributed by atoms with Crippen LogP contribution in [-0.2, 0) is 5.41 Å². The van der Waals surface area contributed by atoms with Crippen LogP contribution in [0.1, 0.15) is 24.8 Å². The molecule has 0 radical (unpaired) electrons. The van der Waals surface area contributed by atoms with Crippen LogP contribution in [0.5, 0.6) is 0 Å². The Labute approximate surface area is 100 Å². The second kappa shape index (κ2) is 4.26. The quantitative estimate of drug-likeness (QED) is 0.879. The molecule has 1 saturated carbocycles. The first-order chi connectivity index (χ1) is 8.00. The van der Waals surface area contributed by atoms with Crippen molar-refractivity contribution in [2.24, 2.45) is 5.73 Å². The number of benzene rings is 1. The molecular formula is C13H18F2N2. The van der Waals surface area contributed by atoms with E-state index >= 15 is 0 Å². The standard InChI is InChI=1S/C13H18F2N2/c1-17(2)12-7-11(15)10(14)6-9(12)13(8-16)4-3-5-13/h6-7H,3-5,8,16H2,1-2H3. The van der Waals surface area contributed by atoms with Gasteiger partial charge in [-0.05, 0) is 24.5 Å². The molecule has 17 heavy (non-hydrogen) atoms. The Kier molecular flexibility index (Phi) is 3.08. The maximum Gasteiger partial charge on any atom is 0.160 e. The highest BCUT2D eigenvalue weighted by atomic mass is 19.2. The fourth-order valence-electron chi connectivity index (χ4n) is 2.52. The highest BCUT2D eigenvalue weighted by molar-refractivity contribution is 5.57. The third kappa shape index (κ3) is 1.90. The van der Waals surface area contributed by atoms with E-state index in [1.54, 1.807) is 0 Å². The van der Waals surface area contributed by atoms with Gasteiger partial charge in [-0.2, -0.15) is 0 Å². The van der Waals surface area contributed by atoms with Gasteiger partial charge >= 0.3 is 0 Å². The van der Waals surface area contributed by atoms with Gasteiger partial charge in [0.2, 0.25) is 0 Å². The molecule has 1 aliphatic rings. The summed E-state index contributed by atoms with van der Waals surface area (Å²) in [5, 5.41) is 0. The van der Waals surface area contributed by atoms with Crippen LogP contribution in [0, 0.1) is 11.6 Å². The van der Waals surface area contributed by atoms with Crippen molar-refractivity contribution in [1.29, 1.82) is 0 Å². The van der Waals surface area contributed by atoms with E-state index in [4.69, 9.17) is 5.73 Å². The molecule has 2 nitrogen and oxygen atoms in total. The highest BCUT2D eigenvalue weighted by Gasteiger charge is 2.39. The predicted molar refractivity (Wildman–Crippen MR) is 65.3 cm³/mol. The molecule has 94 valence electrons. The van der Waals surface area contributed by atoms with E-state index in [1.807, 2.05) is 19.0 Å². The summed E-state index contributed by atoms with van der Waals surface area (Å²) in [4.78, 5) is 1.81. The van der Waals surface area contributed by atoms with Gasteiger partial charge in [0, 0.05) is 37.8 Å². The summed E-state index contributed by atoms with van der Waals surface area (Å²) in [5.41, 5.74) is 7.24. The first-order valence-corrected chi connectivity index (χ1v) is 5.87. The first kappa shape index (κ1) is 12.3. The lowest BCUT2D eigenvalue weighted by atomic mass is 9.64. The number of halogens is 2. The third-order valence-corrected chi connectivity index (χ3v) is 3.79. The smallest absolute Gasteiger partial charge is 0.160 e. The Morgan fingerprint density at radius 2 is 1.82 bits per heavy atom. The van der Waals surface area contributed by atoms with E-state index in [0.29, 0.717) is 6.54 Å². The van der Waals surface area contributed by atoms with Crippen molar-refractivity contribution in [2.45, 2.75) is 24.7 Å².